The van der Waals surface area contributed by atoms with Crippen LogP contribution in [0.3, 0.4) is 0 Å². The summed E-state index contributed by atoms with van der Waals surface area (Å²) in [5.74, 6) is -1.00. The highest BCUT2D eigenvalue weighted by atomic mass is 16.5. The summed E-state index contributed by atoms with van der Waals surface area (Å²) in [5.41, 5.74) is 11.3. The Morgan fingerprint density at radius 3 is 2.47 bits per heavy atom. The molecule has 0 spiro atoms. The van der Waals surface area contributed by atoms with E-state index >= 15 is 0 Å². The van der Waals surface area contributed by atoms with E-state index in [1.807, 2.05) is 51.9 Å². The molecule has 0 saturated heterocycles. The van der Waals surface area contributed by atoms with Crippen LogP contribution in [0, 0.1) is 13.8 Å². The Labute approximate surface area is 287 Å². The lowest BCUT2D eigenvalue weighted by Gasteiger charge is -2.36. The van der Waals surface area contributed by atoms with Crippen LogP contribution in [0.4, 0.5) is 5.69 Å². The number of nitrogens with zero attached hydrogens (tertiary/aromatic N) is 5. The summed E-state index contributed by atoms with van der Waals surface area (Å²) in [6.45, 7) is 13.1. The second kappa shape index (κ2) is 12.5. The van der Waals surface area contributed by atoms with E-state index in [-0.39, 0.29) is 0 Å². The summed E-state index contributed by atoms with van der Waals surface area (Å²) in [7, 11) is 3.91. The zero-order valence-electron chi connectivity index (χ0n) is 29.3. The molecule has 252 valence electrons. The van der Waals surface area contributed by atoms with E-state index in [0.29, 0.717) is 5.56 Å². The highest BCUT2D eigenvalue weighted by molar-refractivity contribution is 6.09. The standard InChI is InChI=1S/C40H44N6O3/c1-24-8-10-26(11-9-24)35-30-22-33(28-14-15-42-31(21-28)27-12-13-32-29(20-27)23-43-44(32)7)46-19-18-45(17-16-41-6)36(37(30)46)25(2)34(35)38(39(47)48)49-40(3,4)5/h8-15,20-23,38,41H,16-19H2,1-7H3,(H,47,48)/t38-/m0/s1. The second-order valence-electron chi connectivity index (χ2n) is 14.1. The van der Waals surface area contributed by atoms with E-state index in [9.17, 15) is 9.90 Å². The summed E-state index contributed by atoms with van der Waals surface area (Å²) in [6, 6.07) is 21.2. The Balaban J connectivity index is 1.52. The normalized spacial score (nSPS) is 13.8. The van der Waals surface area contributed by atoms with Gasteiger partial charge in [-0.2, -0.15) is 5.10 Å². The Morgan fingerprint density at radius 1 is 1.00 bits per heavy atom. The largest absolute Gasteiger partial charge is 0.479 e. The number of carboxylic acid groups (broad SMARTS) is 1. The van der Waals surface area contributed by atoms with Gasteiger partial charge in [-0.15, -0.1) is 0 Å². The third-order valence-electron chi connectivity index (χ3n) is 9.56. The van der Waals surface area contributed by atoms with Crippen LogP contribution in [0.25, 0.3) is 55.4 Å². The number of hydrogen-bond donors (Lipinski definition) is 2. The lowest BCUT2D eigenvalue weighted by Crippen LogP contribution is -2.37. The molecule has 49 heavy (non-hydrogen) atoms. The van der Waals surface area contributed by atoms with Gasteiger partial charge in [0.2, 0.25) is 0 Å². The number of rotatable bonds is 9. The van der Waals surface area contributed by atoms with Crippen molar-refractivity contribution in [3.05, 3.63) is 89.7 Å². The molecule has 0 bridgehead atoms. The average molecular weight is 657 g/mol. The number of aryl methyl sites for hydroxylation is 2. The number of ether oxygens (including phenoxy) is 1. The first-order valence-electron chi connectivity index (χ1n) is 16.9. The Bertz CT molecular complexity index is 2210. The first-order chi connectivity index (χ1) is 23.4. The molecule has 0 saturated carbocycles. The molecule has 1 aliphatic heterocycles. The molecular formula is C40H44N6O3. The maximum Gasteiger partial charge on any atom is 0.337 e. The minimum Gasteiger partial charge on any atom is -0.479 e. The monoisotopic (exact) mass is 656 g/mol. The van der Waals surface area contributed by atoms with E-state index in [1.54, 1.807) is 0 Å². The fraction of sp³-hybridized carbons (Fsp3) is 0.325. The lowest BCUT2D eigenvalue weighted by molar-refractivity contribution is -0.160. The maximum atomic E-state index is 13.2. The SMILES string of the molecule is CNCCN1CCn2c(-c3ccnc(-c4ccc5c(cnn5C)c4)c3)cc3c(-c4ccc(C)cc4)c([C@H](OC(C)(C)C)C(=O)O)c(C)c1c32. The van der Waals surface area contributed by atoms with E-state index < -0.39 is 17.7 Å². The molecule has 0 aliphatic carbocycles. The average Bonchev–Trinajstić information content (AvgIpc) is 3.65. The molecule has 9 nitrogen and oxygen atoms in total. The maximum absolute atomic E-state index is 13.2. The van der Waals surface area contributed by atoms with Crippen LogP contribution >= 0.6 is 0 Å². The van der Waals surface area contributed by atoms with Gasteiger partial charge in [0.15, 0.2) is 6.10 Å². The van der Waals surface area contributed by atoms with Crippen molar-refractivity contribution in [3.63, 3.8) is 0 Å². The van der Waals surface area contributed by atoms with Gasteiger partial charge in [0.25, 0.3) is 0 Å². The molecule has 3 aromatic carbocycles. The van der Waals surface area contributed by atoms with Crippen LogP contribution in [0.5, 0.6) is 0 Å². The summed E-state index contributed by atoms with van der Waals surface area (Å²) in [5, 5.41) is 20.6. The van der Waals surface area contributed by atoms with E-state index in [1.165, 1.54) is 0 Å². The number of carbonyl (C=O) groups is 1. The first kappa shape index (κ1) is 32.6. The van der Waals surface area contributed by atoms with Crippen LogP contribution in [0.2, 0.25) is 0 Å². The summed E-state index contributed by atoms with van der Waals surface area (Å²) >= 11 is 0. The molecule has 0 radical (unpaired) electrons. The molecule has 0 fully saturated rings. The number of aromatic nitrogens is 4. The number of benzene rings is 3. The zero-order valence-corrected chi connectivity index (χ0v) is 29.3. The number of carboxylic acids is 1. The van der Waals surface area contributed by atoms with Gasteiger partial charge in [-0.3, -0.25) is 9.67 Å². The van der Waals surface area contributed by atoms with Gasteiger partial charge in [0.05, 0.1) is 34.2 Å². The molecule has 1 atom stereocenters. The summed E-state index contributed by atoms with van der Waals surface area (Å²) < 4.78 is 10.7. The van der Waals surface area contributed by atoms with Crippen LogP contribution in [-0.4, -0.2) is 62.7 Å². The Hall–Kier alpha value is -4.99. The van der Waals surface area contributed by atoms with Crippen molar-refractivity contribution < 1.29 is 14.6 Å². The third kappa shape index (κ3) is 5.87. The number of nitrogens with one attached hydrogen (secondary N) is 1. The molecule has 0 amide bonds. The van der Waals surface area contributed by atoms with Crippen molar-refractivity contribution in [2.24, 2.45) is 7.05 Å². The third-order valence-corrected chi connectivity index (χ3v) is 9.56. The Morgan fingerprint density at radius 2 is 1.76 bits per heavy atom. The minimum absolute atomic E-state index is 0.679. The number of pyridine rings is 1. The van der Waals surface area contributed by atoms with Gasteiger partial charge >= 0.3 is 5.97 Å². The molecule has 9 heteroatoms. The number of aliphatic carboxylic acids is 1. The van der Waals surface area contributed by atoms with Gasteiger partial charge in [-0.1, -0.05) is 35.9 Å². The number of hydrogen-bond acceptors (Lipinski definition) is 6. The number of likely N-dealkylation sites (N-methyl/N-ethyl adjacent to an activating group) is 1. The van der Waals surface area contributed by atoms with Crippen molar-refractivity contribution in [1.29, 1.82) is 0 Å². The zero-order chi connectivity index (χ0) is 34.6. The van der Waals surface area contributed by atoms with E-state index in [0.717, 1.165) is 98.4 Å². The topological polar surface area (TPSA) is 97.4 Å². The predicted molar refractivity (Wildman–Crippen MR) is 197 cm³/mol. The number of fused-ring (bicyclic) bond motifs is 1. The minimum atomic E-state index is -1.16. The van der Waals surface area contributed by atoms with Crippen molar-refractivity contribution in [3.8, 4) is 33.6 Å². The van der Waals surface area contributed by atoms with Crippen LogP contribution in [0.15, 0.2) is 73.1 Å². The van der Waals surface area contributed by atoms with Crippen molar-refractivity contribution in [2.75, 3.05) is 31.6 Å². The second-order valence-corrected chi connectivity index (χ2v) is 14.1. The highest BCUT2D eigenvalue weighted by Gasteiger charge is 2.36. The molecule has 4 heterocycles. The van der Waals surface area contributed by atoms with Crippen molar-refractivity contribution >= 4 is 33.5 Å². The lowest BCUT2D eigenvalue weighted by atomic mass is 9.86. The van der Waals surface area contributed by atoms with Gasteiger partial charge in [-0.05, 0) is 88.7 Å². The van der Waals surface area contributed by atoms with Crippen molar-refractivity contribution in [2.45, 2.75) is 52.9 Å². The first-order valence-corrected chi connectivity index (χ1v) is 16.9. The van der Waals surface area contributed by atoms with E-state index in [4.69, 9.17) is 9.72 Å². The van der Waals surface area contributed by atoms with Crippen LogP contribution < -0.4 is 10.2 Å². The van der Waals surface area contributed by atoms with Gasteiger partial charge in [0, 0.05) is 72.6 Å². The molecule has 6 aromatic rings. The molecule has 3 aromatic heterocycles. The van der Waals surface area contributed by atoms with Crippen molar-refractivity contribution in [1.82, 2.24) is 24.6 Å². The molecule has 1 aliphatic rings. The van der Waals surface area contributed by atoms with Crippen LogP contribution in [0.1, 0.15) is 43.6 Å². The molecule has 7 rings (SSSR count). The molecule has 0 unspecified atom stereocenters. The quantitative estimate of drug-likeness (QED) is 0.166. The van der Waals surface area contributed by atoms with Crippen LogP contribution in [-0.2, 0) is 23.1 Å². The summed E-state index contributed by atoms with van der Waals surface area (Å²) in [4.78, 5) is 20.3. The van der Waals surface area contributed by atoms with Gasteiger partial charge in [0.1, 0.15) is 0 Å². The fourth-order valence-corrected chi connectivity index (χ4v) is 7.31. The predicted octanol–water partition coefficient (Wildman–Crippen LogP) is 7.52. The molecular weight excluding hydrogens is 612 g/mol. The smallest absolute Gasteiger partial charge is 0.337 e. The van der Waals surface area contributed by atoms with Gasteiger partial charge < -0.3 is 24.6 Å². The molecule has 2 N–H and O–H groups in total. The van der Waals surface area contributed by atoms with E-state index in [2.05, 4.69) is 94.4 Å². The number of anilines is 1. The Kier molecular flexibility index (Phi) is 8.29. The fourth-order valence-electron chi connectivity index (χ4n) is 7.31. The highest BCUT2D eigenvalue weighted by Crippen LogP contribution is 2.49. The summed E-state index contributed by atoms with van der Waals surface area (Å²) in [6.07, 6.45) is 2.60. The van der Waals surface area contributed by atoms with Gasteiger partial charge in [-0.25, -0.2) is 4.79 Å².